The second kappa shape index (κ2) is 7.78. The predicted molar refractivity (Wildman–Crippen MR) is 94.1 cm³/mol. The van der Waals surface area contributed by atoms with Gasteiger partial charge >= 0.3 is 0 Å². The zero-order valence-electron chi connectivity index (χ0n) is 14.1. The average Bonchev–Trinajstić information content (AvgIpc) is 2.89. The quantitative estimate of drug-likeness (QED) is 0.769. The lowest BCUT2D eigenvalue weighted by molar-refractivity contribution is -0.122. The molecule has 3 N–H and O–H groups in total. The van der Waals surface area contributed by atoms with E-state index in [1.165, 1.54) is 0 Å². The summed E-state index contributed by atoms with van der Waals surface area (Å²) in [6.45, 7) is 1.85. The molecule has 0 aromatic heterocycles. The molecule has 0 spiro atoms. The Labute approximate surface area is 147 Å². The Hall–Kier alpha value is -2.21. The molecule has 5 nitrogen and oxygen atoms in total. The number of aliphatic hydroxyl groups is 2. The van der Waals surface area contributed by atoms with Gasteiger partial charge in [0.2, 0.25) is 5.91 Å². The third kappa shape index (κ3) is 3.90. The fourth-order valence-electron chi connectivity index (χ4n) is 3.19. The molecule has 132 valence electrons. The third-order valence-electron chi connectivity index (χ3n) is 4.61. The van der Waals surface area contributed by atoms with Crippen LogP contribution in [0.5, 0.6) is 0 Å². The molecule has 1 aliphatic rings. The molecule has 0 aliphatic carbocycles. The lowest BCUT2D eigenvalue weighted by Crippen LogP contribution is -2.41. The maximum Gasteiger partial charge on any atom is 0.232 e. The fourth-order valence-corrected chi connectivity index (χ4v) is 3.19. The molecule has 1 amide bonds. The van der Waals surface area contributed by atoms with E-state index >= 15 is 0 Å². The van der Waals surface area contributed by atoms with Gasteiger partial charge in [-0.05, 0) is 18.1 Å². The van der Waals surface area contributed by atoms with Gasteiger partial charge < -0.3 is 20.3 Å². The Morgan fingerprint density at radius 2 is 1.52 bits per heavy atom. The van der Waals surface area contributed by atoms with Crippen LogP contribution in [-0.4, -0.2) is 47.1 Å². The van der Waals surface area contributed by atoms with Crippen LogP contribution >= 0.6 is 0 Å². The standard InChI is InChI=1S/C20H23NO4/c1-13-18(22)19(23)16(25-13)12-21-20(24)17(14-8-4-2-5-9-14)15-10-6-3-7-11-15/h2-11,13,16-19,22-23H,12H2,1H3,(H,21,24)/t13-,16+,18?,19-/m0/s1. The molecule has 1 aliphatic heterocycles. The van der Waals surface area contributed by atoms with Gasteiger partial charge in [-0.25, -0.2) is 0 Å². The van der Waals surface area contributed by atoms with Gasteiger partial charge in [0.15, 0.2) is 0 Å². The minimum Gasteiger partial charge on any atom is -0.388 e. The van der Waals surface area contributed by atoms with E-state index in [1.54, 1.807) is 6.92 Å². The number of hydrogen-bond donors (Lipinski definition) is 3. The van der Waals surface area contributed by atoms with Crippen LogP contribution in [0.25, 0.3) is 0 Å². The first kappa shape index (κ1) is 17.6. The number of amides is 1. The van der Waals surface area contributed by atoms with Gasteiger partial charge in [-0.15, -0.1) is 0 Å². The molecule has 1 heterocycles. The predicted octanol–water partition coefficient (Wildman–Crippen LogP) is 1.44. The van der Waals surface area contributed by atoms with Crippen LogP contribution in [0, 0.1) is 0 Å². The van der Waals surface area contributed by atoms with Crippen LogP contribution in [-0.2, 0) is 9.53 Å². The Balaban J connectivity index is 1.74. The van der Waals surface area contributed by atoms with E-state index in [0.717, 1.165) is 11.1 Å². The first-order valence-corrected chi connectivity index (χ1v) is 8.47. The van der Waals surface area contributed by atoms with Crippen LogP contribution in [0.1, 0.15) is 24.0 Å². The maximum absolute atomic E-state index is 12.9. The van der Waals surface area contributed by atoms with Gasteiger partial charge in [0.25, 0.3) is 0 Å². The Kier molecular flexibility index (Phi) is 5.48. The lowest BCUT2D eigenvalue weighted by Gasteiger charge is -2.20. The topological polar surface area (TPSA) is 78.8 Å². The van der Waals surface area contributed by atoms with Gasteiger partial charge in [0.05, 0.1) is 12.0 Å². The van der Waals surface area contributed by atoms with E-state index in [1.807, 2.05) is 60.7 Å². The highest BCUT2D eigenvalue weighted by atomic mass is 16.5. The van der Waals surface area contributed by atoms with Crippen molar-refractivity contribution in [2.75, 3.05) is 6.54 Å². The van der Waals surface area contributed by atoms with Crippen molar-refractivity contribution in [1.82, 2.24) is 5.32 Å². The number of carbonyl (C=O) groups excluding carboxylic acids is 1. The molecular formula is C20H23NO4. The summed E-state index contributed by atoms with van der Waals surface area (Å²) < 4.78 is 5.51. The fraction of sp³-hybridized carbons (Fsp3) is 0.350. The minimum atomic E-state index is -0.998. The van der Waals surface area contributed by atoms with Crippen molar-refractivity contribution >= 4 is 5.91 Å². The average molecular weight is 341 g/mol. The van der Waals surface area contributed by atoms with Gasteiger partial charge in [0.1, 0.15) is 18.3 Å². The highest BCUT2D eigenvalue weighted by Crippen LogP contribution is 2.25. The van der Waals surface area contributed by atoms with Crippen molar-refractivity contribution in [2.45, 2.75) is 37.3 Å². The summed E-state index contributed by atoms with van der Waals surface area (Å²) in [6.07, 6.45) is -2.99. The zero-order valence-corrected chi connectivity index (χ0v) is 14.1. The summed E-state index contributed by atoms with van der Waals surface area (Å²) in [5.74, 6) is -0.606. The Morgan fingerprint density at radius 3 is 1.96 bits per heavy atom. The normalized spacial score (nSPS) is 25.9. The molecule has 0 radical (unpaired) electrons. The summed E-state index contributed by atoms with van der Waals surface area (Å²) >= 11 is 0. The number of hydrogen-bond acceptors (Lipinski definition) is 4. The second-order valence-corrected chi connectivity index (χ2v) is 6.36. The van der Waals surface area contributed by atoms with E-state index in [0.29, 0.717) is 0 Å². The number of rotatable bonds is 5. The van der Waals surface area contributed by atoms with Gasteiger partial charge in [-0.3, -0.25) is 4.79 Å². The SMILES string of the molecule is C[C@@H]1O[C@H](CNC(=O)C(c2ccccc2)c2ccccc2)[C@H](O)C1O. The highest BCUT2D eigenvalue weighted by Gasteiger charge is 2.40. The van der Waals surface area contributed by atoms with Gasteiger partial charge in [-0.2, -0.15) is 0 Å². The molecule has 2 aromatic rings. The molecule has 0 saturated carbocycles. The number of aliphatic hydroxyl groups excluding tert-OH is 2. The van der Waals surface area contributed by atoms with Crippen molar-refractivity contribution in [1.29, 1.82) is 0 Å². The van der Waals surface area contributed by atoms with Crippen molar-refractivity contribution < 1.29 is 19.7 Å². The van der Waals surface area contributed by atoms with Crippen LogP contribution in [0.3, 0.4) is 0 Å². The molecule has 1 saturated heterocycles. The first-order valence-electron chi connectivity index (χ1n) is 8.47. The molecule has 3 rings (SSSR count). The molecule has 1 fully saturated rings. The number of carbonyl (C=O) groups is 1. The zero-order chi connectivity index (χ0) is 17.8. The van der Waals surface area contributed by atoms with Gasteiger partial charge in [0, 0.05) is 6.54 Å². The van der Waals surface area contributed by atoms with E-state index in [9.17, 15) is 15.0 Å². The molecule has 0 bridgehead atoms. The smallest absolute Gasteiger partial charge is 0.232 e. The van der Waals surface area contributed by atoms with E-state index in [4.69, 9.17) is 4.74 Å². The number of nitrogens with one attached hydrogen (secondary N) is 1. The van der Waals surface area contributed by atoms with Crippen LogP contribution < -0.4 is 5.32 Å². The van der Waals surface area contributed by atoms with Crippen LogP contribution in [0.4, 0.5) is 0 Å². The molecule has 5 heteroatoms. The molecule has 4 atom stereocenters. The summed E-state index contributed by atoms with van der Waals surface area (Å²) in [7, 11) is 0. The van der Waals surface area contributed by atoms with Crippen molar-refractivity contribution in [3.8, 4) is 0 Å². The highest BCUT2D eigenvalue weighted by molar-refractivity contribution is 5.87. The second-order valence-electron chi connectivity index (χ2n) is 6.36. The summed E-state index contributed by atoms with van der Waals surface area (Å²) in [4.78, 5) is 12.9. The van der Waals surface area contributed by atoms with Crippen LogP contribution in [0.2, 0.25) is 0 Å². The van der Waals surface area contributed by atoms with Gasteiger partial charge in [-0.1, -0.05) is 60.7 Å². The number of ether oxygens (including phenoxy) is 1. The molecule has 2 aromatic carbocycles. The van der Waals surface area contributed by atoms with Crippen molar-refractivity contribution in [3.63, 3.8) is 0 Å². The largest absolute Gasteiger partial charge is 0.388 e. The van der Waals surface area contributed by atoms with E-state index < -0.39 is 30.3 Å². The number of benzene rings is 2. The maximum atomic E-state index is 12.9. The lowest BCUT2D eigenvalue weighted by atomic mass is 9.90. The summed E-state index contributed by atoms with van der Waals surface area (Å²) in [6, 6.07) is 19.1. The molecule has 1 unspecified atom stereocenters. The van der Waals surface area contributed by atoms with Crippen LogP contribution in [0.15, 0.2) is 60.7 Å². The first-order chi connectivity index (χ1) is 12.1. The Morgan fingerprint density at radius 1 is 1.00 bits per heavy atom. The van der Waals surface area contributed by atoms with Crippen molar-refractivity contribution in [2.24, 2.45) is 0 Å². The molecule has 25 heavy (non-hydrogen) atoms. The third-order valence-corrected chi connectivity index (χ3v) is 4.61. The summed E-state index contributed by atoms with van der Waals surface area (Å²) in [5.41, 5.74) is 1.79. The monoisotopic (exact) mass is 341 g/mol. The van der Waals surface area contributed by atoms with E-state index in [2.05, 4.69) is 5.32 Å². The summed E-state index contributed by atoms with van der Waals surface area (Å²) in [5, 5.41) is 22.6. The van der Waals surface area contributed by atoms with Crippen molar-refractivity contribution in [3.05, 3.63) is 71.8 Å². The Bertz CT molecular complexity index is 652. The molecular weight excluding hydrogens is 318 g/mol. The minimum absolute atomic E-state index is 0.150. The van der Waals surface area contributed by atoms with E-state index in [-0.39, 0.29) is 12.5 Å².